The number of hydrogen-bond donors (Lipinski definition) is 2. The topological polar surface area (TPSA) is 91.9 Å². The van der Waals surface area contributed by atoms with Gasteiger partial charge in [-0.25, -0.2) is 8.42 Å². The van der Waals surface area contributed by atoms with Crippen LogP contribution in [-0.4, -0.2) is 30.8 Å². The van der Waals surface area contributed by atoms with Gasteiger partial charge in [0.15, 0.2) is 9.84 Å². The zero-order valence-corrected chi connectivity index (χ0v) is 17.9. The van der Waals surface area contributed by atoms with E-state index in [1.807, 2.05) is 37.4 Å². The molecule has 0 aliphatic rings. The number of rotatable bonds is 7. The maximum absolute atomic E-state index is 13.4. The predicted molar refractivity (Wildman–Crippen MR) is 120 cm³/mol. The van der Waals surface area contributed by atoms with Crippen LogP contribution < -0.4 is 5.32 Å². The lowest BCUT2D eigenvalue weighted by atomic mass is 10.1. The van der Waals surface area contributed by atoms with E-state index >= 15 is 0 Å². The molecule has 0 bridgehead atoms. The lowest BCUT2D eigenvalue weighted by molar-refractivity contribution is -0.120. The summed E-state index contributed by atoms with van der Waals surface area (Å²) in [6.45, 7) is 1.86. The Morgan fingerprint density at radius 3 is 2.58 bits per heavy atom. The van der Waals surface area contributed by atoms with Gasteiger partial charge in [-0.05, 0) is 42.3 Å². The number of aromatic nitrogens is 2. The summed E-state index contributed by atoms with van der Waals surface area (Å²) < 4.78 is 26.7. The van der Waals surface area contributed by atoms with Crippen molar-refractivity contribution in [3.63, 3.8) is 0 Å². The SMILES string of the molecule is Cc1ccc(S(=O)(=O)C(CNC(=O)Cc2c[nH]c3ccccc23)c2cccnc2)cc1. The van der Waals surface area contributed by atoms with Crippen molar-refractivity contribution in [2.24, 2.45) is 0 Å². The summed E-state index contributed by atoms with van der Waals surface area (Å²) >= 11 is 0. The number of carbonyl (C=O) groups is 1. The minimum Gasteiger partial charge on any atom is -0.361 e. The number of H-pyrrole nitrogens is 1. The molecule has 2 aromatic heterocycles. The normalized spacial score (nSPS) is 12.5. The number of sulfone groups is 1. The number of aromatic amines is 1. The lowest BCUT2D eigenvalue weighted by Crippen LogP contribution is -2.33. The van der Waals surface area contributed by atoms with E-state index in [4.69, 9.17) is 0 Å². The second kappa shape index (κ2) is 8.73. The molecule has 0 aliphatic carbocycles. The van der Waals surface area contributed by atoms with Crippen molar-refractivity contribution in [1.29, 1.82) is 0 Å². The van der Waals surface area contributed by atoms with Crippen molar-refractivity contribution in [1.82, 2.24) is 15.3 Å². The van der Waals surface area contributed by atoms with Crippen LogP contribution >= 0.6 is 0 Å². The molecule has 1 atom stereocenters. The summed E-state index contributed by atoms with van der Waals surface area (Å²) in [4.78, 5) is 20.1. The summed E-state index contributed by atoms with van der Waals surface area (Å²) in [7, 11) is -3.72. The molecular weight excluding hydrogens is 410 g/mol. The van der Waals surface area contributed by atoms with Crippen LogP contribution in [-0.2, 0) is 21.1 Å². The maximum Gasteiger partial charge on any atom is 0.224 e. The zero-order chi connectivity index (χ0) is 21.8. The lowest BCUT2D eigenvalue weighted by Gasteiger charge is -2.19. The number of fused-ring (bicyclic) bond motifs is 1. The van der Waals surface area contributed by atoms with Crippen LogP contribution in [0.15, 0.2) is 84.1 Å². The fraction of sp³-hybridized carbons (Fsp3) is 0.167. The highest BCUT2D eigenvalue weighted by Gasteiger charge is 2.30. The van der Waals surface area contributed by atoms with Crippen LogP contribution in [0.2, 0.25) is 0 Å². The van der Waals surface area contributed by atoms with Crippen LogP contribution in [0.4, 0.5) is 0 Å². The van der Waals surface area contributed by atoms with Gasteiger partial charge in [-0.2, -0.15) is 0 Å². The van der Waals surface area contributed by atoms with Gasteiger partial charge >= 0.3 is 0 Å². The summed E-state index contributed by atoms with van der Waals surface area (Å²) in [5, 5.41) is 2.86. The third-order valence-corrected chi connectivity index (χ3v) is 7.41. The fourth-order valence-corrected chi connectivity index (χ4v) is 5.23. The molecule has 4 rings (SSSR count). The highest BCUT2D eigenvalue weighted by atomic mass is 32.2. The third kappa shape index (κ3) is 4.51. The predicted octanol–water partition coefficient (Wildman–Crippen LogP) is 3.75. The monoisotopic (exact) mass is 433 g/mol. The molecule has 1 amide bonds. The van der Waals surface area contributed by atoms with E-state index in [1.165, 1.54) is 6.20 Å². The van der Waals surface area contributed by atoms with E-state index in [9.17, 15) is 13.2 Å². The number of hydrogen-bond acceptors (Lipinski definition) is 4. The quantitative estimate of drug-likeness (QED) is 0.464. The third-order valence-electron chi connectivity index (χ3n) is 5.29. The molecule has 0 saturated carbocycles. The molecule has 0 radical (unpaired) electrons. The van der Waals surface area contributed by atoms with Gasteiger partial charge in [0, 0.05) is 36.0 Å². The largest absolute Gasteiger partial charge is 0.361 e. The fourth-order valence-electron chi connectivity index (χ4n) is 3.59. The number of pyridine rings is 1. The number of nitrogens with one attached hydrogen (secondary N) is 2. The Bertz CT molecular complexity index is 1300. The van der Waals surface area contributed by atoms with Crippen molar-refractivity contribution >= 4 is 26.6 Å². The van der Waals surface area contributed by atoms with Crippen LogP contribution in [0, 0.1) is 6.92 Å². The Labute approximate surface area is 181 Å². The van der Waals surface area contributed by atoms with Crippen LogP contribution in [0.1, 0.15) is 21.9 Å². The minimum atomic E-state index is -3.72. The highest BCUT2D eigenvalue weighted by molar-refractivity contribution is 7.91. The number of benzene rings is 2. The Hall–Kier alpha value is -3.45. The van der Waals surface area contributed by atoms with Gasteiger partial charge in [0.2, 0.25) is 5.91 Å². The second-order valence-electron chi connectivity index (χ2n) is 7.47. The van der Waals surface area contributed by atoms with Crippen molar-refractivity contribution in [3.05, 3.63) is 95.9 Å². The van der Waals surface area contributed by atoms with Crippen molar-refractivity contribution in [3.8, 4) is 0 Å². The molecule has 158 valence electrons. The van der Waals surface area contributed by atoms with Gasteiger partial charge in [0.1, 0.15) is 5.25 Å². The molecule has 0 spiro atoms. The minimum absolute atomic E-state index is 0.0386. The zero-order valence-electron chi connectivity index (χ0n) is 17.1. The Balaban J connectivity index is 1.55. The van der Waals surface area contributed by atoms with Crippen molar-refractivity contribution in [2.45, 2.75) is 23.5 Å². The Morgan fingerprint density at radius 1 is 1.06 bits per heavy atom. The van der Waals surface area contributed by atoms with Gasteiger partial charge in [-0.3, -0.25) is 9.78 Å². The first-order valence-electron chi connectivity index (χ1n) is 9.97. The molecule has 0 fully saturated rings. The summed E-state index contributed by atoms with van der Waals surface area (Å²) in [6.07, 6.45) is 5.09. The van der Waals surface area contributed by atoms with E-state index in [0.717, 1.165) is 22.0 Å². The molecule has 2 heterocycles. The molecule has 4 aromatic rings. The summed E-state index contributed by atoms with van der Waals surface area (Å²) in [5.41, 5.74) is 3.34. The van der Waals surface area contributed by atoms with Crippen molar-refractivity contribution < 1.29 is 13.2 Å². The number of para-hydroxylation sites is 1. The first kappa shape index (κ1) is 20.8. The number of aryl methyl sites for hydroxylation is 1. The molecule has 2 N–H and O–H groups in total. The standard InChI is InChI=1S/C24H23N3O3S/c1-17-8-10-20(11-9-17)31(29,30)23(18-5-4-12-25-14-18)16-27-24(28)13-19-15-26-22-7-3-2-6-21(19)22/h2-12,14-15,23,26H,13,16H2,1H3,(H,27,28). The highest BCUT2D eigenvalue weighted by Crippen LogP contribution is 2.28. The van der Waals surface area contributed by atoms with E-state index in [-0.39, 0.29) is 23.8 Å². The Morgan fingerprint density at radius 2 is 1.84 bits per heavy atom. The van der Waals surface area contributed by atoms with Gasteiger partial charge in [-0.1, -0.05) is 42.0 Å². The number of carbonyl (C=O) groups excluding carboxylic acids is 1. The molecule has 0 saturated heterocycles. The van der Waals surface area contributed by atoms with Gasteiger partial charge in [0.25, 0.3) is 0 Å². The van der Waals surface area contributed by atoms with E-state index in [2.05, 4.69) is 15.3 Å². The average molecular weight is 434 g/mol. The molecule has 31 heavy (non-hydrogen) atoms. The second-order valence-corrected chi connectivity index (χ2v) is 9.60. The summed E-state index contributed by atoms with van der Waals surface area (Å²) in [6, 6.07) is 17.9. The number of amides is 1. The average Bonchev–Trinajstić information content (AvgIpc) is 3.17. The maximum atomic E-state index is 13.4. The molecular formula is C24H23N3O3S. The molecule has 7 heteroatoms. The van der Waals surface area contributed by atoms with E-state index in [1.54, 1.807) is 42.6 Å². The first-order chi connectivity index (χ1) is 14.9. The smallest absolute Gasteiger partial charge is 0.224 e. The molecule has 0 aliphatic heterocycles. The molecule has 6 nitrogen and oxygen atoms in total. The first-order valence-corrected chi connectivity index (χ1v) is 11.5. The van der Waals surface area contributed by atoms with Crippen molar-refractivity contribution in [2.75, 3.05) is 6.54 Å². The summed E-state index contributed by atoms with van der Waals surface area (Å²) in [5.74, 6) is -0.238. The van der Waals surface area contributed by atoms with Crippen LogP contribution in [0.25, 0.3) is 10.9 Å². The molecule has 2 aromatic carbocycles. The van der Waals surface area contributed by atoms with E-state index < -0.39 is 15.1 Å². The van der Waals surface area contributed by atoms with Crippen LogP contribution in [0.3, 0.4) is 0 Å². The van der Waals surface area contributed by atoms with Gasteiger partial charge < -0.3 is 10.3 Å². The molecule has 1 unspecified atom stereocenters. The van der Waals surface area contributed by atoms with E-state index in [0.29, 0.717) is 5.56 Å². The van der Waals surface area contributed by atoms with Crippen LogP contribution in [0.5, 0.6) is 0 Å². The Kier molecular flexibility index (Phi) is 5.86. The van der Waals surface area contributed by atoms with Gasteiger partial charge in [-0.15, -0.1) is 0 Å². The van der Waals surface area contributed by atoms with Gasteiger partial charge in [0.05, 0.1) is 11.3 Å². The number of nitrogens with zero attached hydrogens (tertiary/aromatic N) is 1.